The molecule has 0 amide bonds. The summed E-state index contributed by atoms with van der Waals surface area (Å²) in [7, 11) is 1.64. The minimum atomic E-state index is 0.556. The maximum absolute atomic E-state index is 9.95. The van der Waals surface area contributed by atoms with Gasteiger partial charge in [-0.25, -0.2) is 9.97 Å². The Morgan fingerprint density at radius 2 is 1.92 bits per heavy atom. The molecule has 6 heteroatoms. The van der Waals surface area contributed by atoms with Gasteiger partial charge in [-0.15, -0.1) is 0 Å². The van der Waals surface area contributed by atoms with Crippen LogP contribution in [0.15, 0.2) is 103 Å². The summed E-state index contributed by atoms with van der Waals surface area (Å²) in [5.74, 6) is 2.23. The van der Waals surface area contributed by atoms with Gasteiger partial charge in [0.2, 0.25) is 0 Å². The van der Waals surface area contributed by atoms with Crippen LogP contribution >= 0.6 is 0 Å². The standard InChI is InChI=1S/C33H31N5O/c1-4-11-28(39-3)21-27-20-25(22-34)31(38(27)5-2)23-16-18-26(19-17-23)35-33-29-14-9-10-15-30(29)36-32(37-33)24-12-7-6-8-13-24/h4,6-8,10-13,15-19,21H,1,5,9,14,20H2,2-3H3,(H,35,36,37)/b27-21+,28-11+. The molecular weight excluding hydrogens is 482 g/mol. The molecule has 39 heavy (non-hydrogen) atoms. The molecule has 1 aliphatic carbocycles. The number of aromatic nitrogens is 2. The van der Waals surface area contributed by atoms with Crippen molar-refractivity contribution in [1.29, 1.82) is 5.26 Å². The molecule has 1 aromatic heterocycles. The molecule has 0 saturated carbocycles. The molecule has 3 aromatic rings. The number of benzene rings is 2. The van der Waals surface area contributed by atoms with Crippen LogP contribution in [0.2, 0.25) is 0 Å². The van der Waals surface area contributed by atoms with E-state index in [-0.39, 0.29) is 0 Å². The average molecular weight is 514 g/mol. The third-order valence-electron chi connectivity index (χ3n) is 6.87. The molecule has 6 nitrogen and oxygen atoms in total. The lowest BCUT2D eigenvalue weighted by atomic mass is 10.0. The summed E-state index contributed by atoms with van der Waals surface area (Å²) in [5, 5.41) is 13.5. The number of anilines is 2. The summed E-state index contributed by atoms with van der Waals surface area (Å²) in [6, 6.07) is 20.7. The van der Waals surface area contributed by atoms with Crippen LogP contribution in [0.5, 0.6) is 0 Å². The molecule has 1 N–H and O–H groups in total. The molecule has 0 unspecified atom stereocenters. The summed E-state index contributed by atoms with van der Waals surface area (Å²) in [4.78, 5) is 11.9. The van der Waals surface area contributed by atoms with Gasteiger partial charge in [0.15, 0.2) is 5.82 Å². The van der Waals surface area contributed by atoms with Gasteiger partial charge in [0.05, 0.1) is 30.1 Å². The lowest BCUT2D eigenvalue weighted by molar-refractivity contribution is 0.305. The van der Waals surface area contributed by atoms with Crippen LogP contribution in [-0.4, -0.2) is 28.5 Å². The third kappa shape index (κ3) is 5.39. The average Bonchev–Trinajstić information content (AvgIpc) is 3.34. The third-order valence-corrected chi connectivity index (χ3v) is 6.87. The van der Waals surface area contributed by atoms with Crippen LogP contribution in [0, 0.1) is 11.3 Å². The summed E-state index contributed by atoms with van der Waals surface area (Å²) in [6.45, 7) is 6.58. The van der Waals surface area contributed by atoms with Crippen LogP contribution in [0.1, 0.15) is 36.6 Å². The van der Waals surface area contributed by atoms with E-state index < -0.39 is 0 Å². The number of methoxy groups -OCH3 is 1. The van der Waals surface area contributed by atoms with Gasteiger partial charge in [-0.1, -0.05) is 61.2 Å². The van der Waals surface area contributed by atoms with E-state index >= 15 is 0 Å². The smallest absolute Gasteiger partial charge is 0.162 e. The molecule has 0 saturated heterocycles. The summed E-state index contributed by atoms with van der Waals surface area (Å²) in [6.07, 6.45) is 12.1. The first-order valence-corrected chi connectivity index (χ1v) is 13.1. The fraction of sp³-hybridized carbons (Fsp3) is 0.182. The predicted molar refractivity (Wildman–Crippen MR) is 157 cm³/mol. The van der Waals surface area contributed by atoms with E-state index in [1.54, 1.807) is 13.2 Å². The number of nitriles is 1. The molecule has 0 atom stereocenters. The molecule has 5 rings (SSSR count). The van der Waals surface area contributed by atoms with Crippen molar-refractivity contribution < 1.29 is 4.74 Å². The van der Waals surface area contributed by atoms with E-state index in [1.165, 1.54) is 0 Å². The highest BCUT2D eigenvalue weighted by Gasteiger charge is 2.27. The Morgan fingerprint density at radius 1 is 1.13 bits per heavy atom. The summed E-state index contributed by atoms with van der Waals surface area (Å²) >= 11 is 0. The van der Waals surface area contributed by atoms with Gasteiger partial charge in [-0.2, -0.15) is 5.26 Å². The summed E-state index contributed by atoms with van der Waals surface area (Å²) in [5.41, 5.74) is 7.69. The maximum Gasteiger partial charge on any atom is 0.162 e. The Bertz CT molecular complexity index is 1540. The first-order valence-electron chi connectivity index (χ1n) is 13.1. The molecule has 2 aromatic carbocycles. The molecular formula is C33H31N5O. The normalized spacial score (nSPS) is 15.8. The zero-order valence-electron chi connectivity index (χ0n) is 22.3. The Hall–Kier alpha value is -4.89. The van der Waals surface area contributed by atoms with Gasteiger partial charge in [-0.05, 0) is 55.7 Å². The van der Waals surface area contributed by atoms with E-state index in [0.29, 0.717) is 18.0 Å². The number of allylic oxidation sites excluding steroid dienone is 5. The van der Waals surface area contributed by atoms with E-state index in [9.17, 15) is 5.26 Å². The van der Waals surface area contributed by atoms with Gasteiger partial charge in [0.1, 0.15) is 11.6 Å². The van der Waals surface area contributed by atoms with Crippen LogP contribution in [0.25, 0.3) is 23.2 Å². The maximum atomic E-state index is 9.95. The number of nitrogens with zero attached hydrogens (tertiary/aromatic N) is 4. The van der Waals surface area contributed by atoms with Crippen molar-refractivity contribution in [2.75, 3.05) is 19.0 Å². The largest absolute Gasteiger partial charge is 0.497 e. The number of ether oxygens (including phenoxy) is 1. The Morgan fingerprint density at radius 3 is 2.62 bits per heavy atom. The van der Waals surface area contributed by atoms with Gasteiger partial charge in [0.25, 0.3) is 0 Å². The molecule has 194 valence electrons. The molecule has 2 aliphatic rings. The van der Waals surface area contributed by atoms with Crippen molar-refractivity contribution in [3.8, 4) is 17.5 Å². The monoisotopic (exact) mass is 513 g/mol. The number of nitrogens with one attached hydrogen (secondary N) is 1. The van der Waals surface area contributed by atoms with Crippen molar-refractivity contribution in [2.24, 2.45) is 0 Å². The lowest BCUT2D eigenvalue weighted by Gasteiger charge is -2.23. The van der Waals surface area contributed by atoms with Crippen LogP contribution in [-0.2, 0) is 11.2 Å². The van der Waals surface area contributed by atoms with Crippen molar-refractivity contribution in [1.82, 2.24) is 14.9 Å². The highest BCUT2D eigenvalue weighted by atomic mass is 16.5. The minimum Gasteiger partial charge on any atom is -0.497 e. The Kier molecular flexibility index (Phi) is 7.70. The van der Waals surface area contributed by atoms with E-state index in [2.05, 4.69) is 54.1 Å². The van der Waals surface area contributed by atoms with E-state index in [4.69, 9.17) is 14.7 Å². The molecule has 1 aliphatic heterocycles. The van der Waals surface area contributed by atoms with Crippen LogP contribution in [0.4, 0.5) is 11.5 Å². The van der Waals surface area contributed by atoms with Crippen LogP contribution in [0.3, 0.4) is 0 Å². The van der Waals surface area contributed by atoms with Crippen molar-refractivity contribution in [3.05, 3.63) is 119 Å². The van der Waals surface area contributed by atoms with Crippen molar-refractivity contribution in [2.45, 2.75) is 26.2 Å². The zero-order chi connectivity index (χ0) is 27.2. The molecule has 0 radical (unpaired) electrons. The minimum absolute atomic E-state index is 0.556. The second kappa shape index (κ2) is 11.7. The molecule has 0 fully saturated rings. The highest BCUT2D eigenvalue weighted by Crippen LogP contribution is 2.39. The quantitative estimate of drug-likeness (QED) is 0.250. The number of fused-ring (bicyclic) bond motifs is 1. The number of hydrogen-bond acceptors (Lipinski definition) is 6. The zero-order valence-corrected chi connectivity index (χ0v) is 22.3. The van der Waals surface area contributed by atoms with Crippen molar-refractivity contribution in [3.63, 3.8) is 0 Å². The molecule has 0 bridgehead atoms. The van der Waals surface area contributed by atoms with Crippen molar-refractivity contribution >= 4 is 23.3 Å². The van der Waals surface area contributed by atoms with Gasteiger partial charge >= 0.3 is 0 Å². The van der Waals surface area contributed by atoms with E-state index in [0.717, 1.165) is 70.2 Å². The second-order valence-electron chi connectivity index (χ2n) is 9.27. The van der Waals surface area contributed by atoms with Crippen LogP contribution < -0.4 is 5.32 Å². The van der Waals surface area contributed by atoms with Gasteiger partial charge in [0, 0.05) is 35.5 Å². The second-order valence-corrected chi connectivity index (χ2v) is 9.27. The fourth-order valence-electron chi connectivity index (χ4n) is 5.01. The Balaban J connectivity index is 1.45. The fourth-order valence-corrected chi connectivity index (χ4v) is 5.01. The van der Waals surface area contributed by atoms with Gasteiger partial charge < -0.3 is 15.0 Å². The highest BCUT2D eigenvalue weighted by molar-refractivity contribution is 5.77. The topological polar surface area (TPSA) is 74.1 Å². The number of hydrogen-bond donors (Lipinski definition) is 1. The summed E-state index contributed by atoms with van der Waals surface area (Å²) < 4.78 is 5.47. The first-order chi connectivity index (χ1) is 19.1. The first kappa shape index (κ1) is 25.7. The lowest BCUT2D eigenvalue weighted by Crippen LogP contribution is -2.17. The van der Waals surface area contributed by atoms with Gasteiger partial charge in [-0.3, -0.25) is 0 Å². The SMILES string of the molecule is C=C/C=C(\C=C1/CC(C#N)=C(c2ccc(Nc3nc(-c4ccccc4)nc4c3CCC=C4)cc2)N1CC)OC. The van der Waals surface area contributed by atoms with E-state index in [1.807, 2.05) is 54.6 Å². The Labute approximate surface area is 230 Å². The molecule has 0 spiro atoms. The molecule has 2 heterocycles. The number of rotatable bonds is 8. The predicted octanol–water partition coefficient (Wildman–Crippen LogP) is 7.41.